The molecule has 1 aromatic carbocycles. The van der Waals surface area contributed by atoms with E-state index in [1.807, 2.05) is 0 Å². The Balaban J connectivity index is 2.82. The molecule has 0 atom stereocenters. The number of fused-ring (bicyclic) bond motifs is 1. The van der Waals surface area contributed by atoms with Gasteiger partial charge in [-0.1, -0.05) is 0 Å². The van der Waals surface area contributed by atoms with E-state index in [1.165, 1.54) is 0 Å². The van der Waals surface area contributed by atoms with Crippen LogP contribution >= 0.6 is 0 Å². The Hall–Kier alpha value is -2.63. The van der Waals surface area contributed by atoms with Crippen molar-refractivity contribution in [3.8, 4) is 23.0 Å². The SMILES string of the molecule is COc1c(OC)c2c(OC)c(OS(=O)(=O)C(F)(F)F)ccc2oc1=O. The van der Waals surface area contributed by atoms with Crippen molar-refractivity contribution < 1.29 is 44.4 Å². The van der Waals surface area contributed by atoms with Crippen LogP contribution in [0.3, 0.4) is 0 Å². The van der Waals surface area contributed by atoms with Crippen LogP contribution in [0.5, 0.6) is 23.0 Å². The monoisotopic (exact) mass is 384 g/mol. The van der Waals surface area contributed by atoms with E-state index >= 15 is 0 Å². The van der Waals surface area contributed by atoms with Crippen LogP contribution in [-0.2, 0) is 10.1 Å². The molecule has 0 unspecified atom stereocenters. The highest BCUT2D eigenvalue weighted by Crippen LogP contribution is 2.44. The van der Waals surface area contributed by atoms with Crippen LogP contribution in [-0.4, -0.2) is 35.3 Å². The van der Waals surface area contributed by atoms with E-state index in [1.54, 1.807) is 0 Å². The van der Waals surface area contributed by atoms with Gasteiger partial charge in [-0.05, 0) is 12.1 Å². The Morgan fingerprint density at radius 1 is 0.960 bits per heavy atom. The van der Waals surface area contributed by atoms with Crippen LogP contribution in [0.25, 0.3) is 11.0 Å². The summed E-state index contributed by atoms with van der Waals surface area (Å²) in [6, 6.07) is 1.88. The summed E-state index contributed by atoms with van der Waals surface area (Å²) in [5.41, 5.74) is -6.69. The van der Waals surface area contributed by atoms with E-state index in [0.29, 0.717) is 0 Å². The summed E-state index contributed by atoms with van der Waals surface area (Å²) < 4.78 is 83.9. The van der Waals surface area contributed by atoms with Crippen molar-refractivity contribution in [3.63, 3.8) is 0 Å². The summed E-state index contributed by atoms with van der Waals surface area (Å²) >= 11 is 0. The van der Waals surface area contributed by atoms with Gasteiger partial charge in [-0.2, -0.15) is 21.6 Å². The molecule has 12 heteroatoms. The highest BCUT2D eigenvalue weighted by molar-refractivity contribution is 7.88. The second-order valence-corrected chi connectivity index (χ2v) is 5.95. The Labute approximate surface area is 138 Å². The second-order valence-electron chi connectivity index (χ2n) is 4.41. The van der Waals surface area contributed by atoms with Crippen LogP contribution in [0.1, 0.15) is 0 Å². The zero-order chi connectivity index (χ0) is 19.0. The minimum Gasteiger partial charge on any atom is -0.492 e. The van der Waals surface area contributed by atoms with Gasteiger partial charge in [0.1, 0.15) is 11.0 Å². The van der Waals surface area contributed by atoms with Gasteiger partial charge < -0.3 is 22.8 Å². The van der Waals surface area contributed by atoms with Gasteiger partial charge >= 0.3 is 21.3 Å². The first kappa shape index (κ1) is 18.7. The number of halogens is 3. The van der Waals surface area contributed by atoms with E-state index in [4.69, 9.17) is 18.6 Å². The molecule has 0 radical (unpaired) electrons. The first-order valence-electron chi connectivity index (χ1n) is 6.34. The van der Waals surface area contributed by atoms with Crippen LogP contribution < -0.4 is 24.0 Å². The molecular weight excluding hydrogens is 373 g/mol. The van der Waals surface area contributed by atoms with Gasteiger partial charge in [-0.15, -0.1) is 0 Å². The third kappa shape index (κ3) is 3.16. The third-order valence-electron chi connectivity index (χ3n) is 3.00. The molecule has 1 heterocycles. The van der Waals surface area contributed by atoms with Gasteiger partial charge in [0.15, 0.2) is 17.2 Å². The molecule has 8 nitrogen and oxygen atoms in total. The number of alkyl halides is 3. The Morgan fingerprint density at radius 3 is 2.00 bits per heavy atom. The van der Waals surface area contributed by atoms with Crippen molar-refractivity contribution in [3.05, 3.63) is 22.6 Å². The predicted octanol–water partition coefficient (Wildman–Crippen LogP) is 2.05. The lowest BCUT2D eigenvalue weighted by Gasteiger charge is -2.15. The smallest absolute Gasteiger partial charge is 0.492 e. The molecule has 2 aromatic rings. The van der Waals surface area contributed by atoms with Crippen LogP contribution in [0, 0.1) is 0 Å². The van der Waals surface area contributed by atoms with Gasteiger partial charge in [0.2, 0.25) is 5.75 Å². The van der Waals surface area contributed by atoms with Gasteiger partial charge in [-0.3, -0.25) is 0 Å². The summed E-state index contributed by atoms with van der Waals surface area (Å²) in [5, 5.41) is -0.142. The minimum absolute atomic E-state index is 0.142. The lowest BCUT2D eigenvalue weighted by molar-refractivity contribution is -0.0500. The Kier molecular flexibility index (Phi) is 4.75. The number of hydrogen-bond donors (Lipinski definition) is 0. The molecule has 0 spiro atoms. The van der Waals surface area contributed by atoms with E-state index in [-0.39, 0.29) is 22.5 Å². The molecule has 138 valence electrons. The molecule has 0 fully saturated rings. The summed E-state index contributed by atoms with van der Waals surface area (Å²) in [7, 11) is -2.58. The Morgan fingerprint density at radius 2 is 1.52 bits per heavy atom. The van der Waals surface area contributed by atoms with E-state index in [2.05, 4.69) is 4.18 Å². The van der Waals surface area contributed by atoms with Crippen molar-refractivity contribution in [1.29, 1.82) is 0 Å². The number of benzene rings is 1. The summed E-state index contributed by atoms with van der Waals surface area (Å²) in [6.45, 7) is 0. The quantitative estimate of drug-likeness (QED) is 0.439. The first-order chi connectivity index (χ1) is 11.6. The lowest BCUT2D eigenvalue weighted by atomic mass is 10.2. The van der Waals surface area contributed by atoms with Gasteiger partial charge in [0, 0.05) is 0 Å². The topological polar surface area (TPSA) is 101 Å². The normalized spacial score (nSPS) is 12.1. The van der Waals surface area contributed by atoms with Crippen LogP contribution in [0.4, 0.5) is 13.2 Å². The first-order valence-corrected chi connectivity index (χ1v) is 7.74. The molecule has 2 rings (SSSR count). The number of hydrogen-bond acceptors (Lipinski definition) is 8. The van der Waals surface area contributed by atoms with Crippen LogP contribution in [0.2, 0.25) is 0 Å². The molecule has 0 saturated heterocycles. The van der Waals surface area contributed by atoms with Crippen molar-refractivity contribution in [2.75, 3.05) is 21.3 Å². The van der Waals surface area contributed by atoms with E-state index in [9.17, 15) is 26.4 Å². The number of rotatable bonds is 5. The maximum absolute atomic E-state index is 12.5. The third-order valence-corrected chi connectivity index (χ3v) is 3.97. The van der Waals surface area contributed by atoms with Gasteiger partial charge in [0.25, 0.3) is 0 Å². The zero-order valence-corrected chi connectivity index (χ0v) is 13.8. The molecule has 1 aromatic heterocycles. The van der Waals surface area contributed by atoms with Crippen molar-refractivity contribution in [2.24, 2.45) is 0 Å². The molecule has 0 aliphatic heterocycles. The number of methoxy groups -OCH3 is 3. The average Bonchev–Trinajstić information content (AvgIpc) is 2.52. The van der Waals surface area contributed by atoms with Crippen molar-refractivity contribution in [1.82, 2.24) is 0 Å². The zero-order valence-electron chi connectivity index (χ0n) is 13.0. The number of ether oxygens (including phenoxy) is 3. The maximum Gasteiger partial charge on any atom is 0.534 e. The minimum atomic E-state index is -5.94. The fourth-order valence-corrected chi connectivity index (χ4v) is 2.46. The fourth-order valence-electron chi connectivity index (χ4n) is 2.00. The summed E-state index contributed by atoms with van der Waals surface area (Å²) in [5.74, 6) is -1.84. The summed E-state index contributed by atoms with van der Waals surface area (Å²) in [4.78, 5) is 11.8. The van der Waals surface area contributed by atoms with Gasteiger partial charge in [-0.25, -0.2) is 4.79 Å². The largest absolute Gasteiger partial charge is 0.534 e. The molecule has 0 amide bonds. The highest BCUT2D eigenvalue weighted by Gasteiger charge is 2.49. The van der Waals surface area contributed by atoms with Crippen molar-refractivity contribution in [2.45, 2.75) is 5.51 Å². The highest BCUT2D eigenvalue weighted by atomic mass is 32.2. The van der Waals surface area contributed by atoms with Crippen molar-refractivity contribution >= 4 is 21.1 Å². The van der Waals surface area contributed by atoms with Crippen LogP contribution in [0.15, 0.2) is 21.3 Å². The molecule has 0 aliphatic rings. The maximum atomic E-state index is 12.5. The standard InChI is InChI=1S/C13H11F3O8S/c1-20-9-7(24-25(18,19)13(14,15)16)5-4-6-8(9)10(21-2)11(22-3)12(17)23-6/h4-5H,1-3H3. The summed E-state index contributed by atoms with van der Waals surface area (Å²) in [6.07, 6.45) is 0. The molecule has 0 saturated carbocycles. The molecule has 25 heavy (non-hydrogen) atoms. The Bertz CT molecular complexity index is 962. The van der Waals surface area contributed by atoms with Gasteiger partial charge in [0.05, 0.1) is 21.3 Å². The van der Waals surface area contributed by atoms with E-state index in [0.717, 1.165) is 33.5 Å². The molecular formula is C13H11F3O8S. The average molecular weight is 384 g/mol. The second kappa shape index (κ2) is 6.35. The van der Waals surface area contributed by atoms with E-state index < -0.39 is 32.8 Å². The predicted molar refractivity (Wildman–Crippen MR) is 77.7 cm³/mol. The molecule has 0 N–H and O–H groups in total. The molecule has 0 aliphatic carbocycles. The fraction of sp³-hybridized carbons (Fsp3) is 0.308. The lowest BCUT2D eigenvalue weighted by Crippen LogP contribution is -2.28. The molecule has 0 bridgehead atoms.